The Kier molecular flexibility index (Phi) is 5.86. The van der Waals surface area contributed by atoms with Crippen LogP contribution in [0.3, 0.4) is 0 Å². The zero-order chi connectivity index (χ0) is 16.2. The number of carboxylic acid groups (broad SMARTS) is 1. The molecule has 5 nitrogen and oxygen atoms in total. The summed E-state index contributed by atoms with van der Waals surface area (Å²) in [5.41, 5.74) is -0.469. The zero-order valence-corrected chi connectivity index (χ0v) is 13.0. The highest BCUT2D eigenvalue weighted by Crippen LogP contribution is 2.22. The molecular weight excluding hydrogens is 299 g/mol. The van der Waals surface area contributed by atoms with Gasteiger partial charge in [0.05, 0.1) is 22.8 Å². The molecule has 0 heterocycles. The van der Waals surface area contributed by atoms with Crippen molar-refractivity contribution in [3.05, 3.63) is 29.1 Å². The van der Waals surface area contributed by atoms with Gasteiger partial charge in [0.15, 0.2) is 9.84 Å². The summed E-state index contributed by atoms with van der Waals surface area (Å²) in [6.45, 7) is 5.59. The van der Waals surface area contributed by atoms with Gasteiger partial charge in [0.25, 0.3) is 0 Å². The number of carbonyl (C=O) groups is 1. The number of aromatic carboxylic acids is 1. The van der Waals surface area contributed by atoms with Gasteiger partial charge in [0, 0.05) is 12.2 Å². The Morgan fingerprint density at radius 3 is 2.52 bits per heavy atom. The molecule has 21 heavy (non-hydrogen) atoms. The number of benzene rings is 1. The first-order valence-electron chi connectivity index (χ1n) is 6.49. The summed E-state index contributed by atoms with van der Waals surface area (Å²) < 4.78 is 43.2. The van der Waals surface area contributed by atoms with E-state index < -0.39 is 21.6 Å². The van der Waals surface area contributed by atoms with E-state index in [4.69, 9.17) is 9.84 Å². The molecule has 0 spiro atoms. The number of sulfone groups is 1. The molecule has 0 unspecified atom stereocenters. The monoisotopic (exact) mass is 318 g/mol. The average Bonchev–Trinajstić information content (AvgIpc) is 2.37. The van der Waals surface area contributed by atoms with Crippen LogP contribution in [0.2, 0.25) is 0 Å². The molecule has 0 aliphatic heterocycles. The van der Waals surface area contributed by atoms with Crippen LogP contribution < -0.4 is 0 Å². The molecule has 1 aromatic carbocycles. The fourth-order valence-corrected chi connectivity index (χ4v) is 3.13. The largest absolute Gasteiger partial charge is 0.478 e. The molecule has 0 saturated carbocycles. The Morgan fingerprint density at radius 2 is 2.00 bits per heavy atom. The summed E-state index contributed by atoms with van der Waals surface area (Å²) >= 11 is 0. The van der Waals surface area contributed by atoms with Crippen LogP contribution in [0, 0.1) is 18.7 Å². The molecule has 0 bridgehead atoms. The Labute approximate surface area is 123 Å². The molecule has 1 aromatic rings. The lowest BCUT2D eigenvalue weighted by atomic mass is 10.1. The highest BCUT2D eigenvalue weighted by Gasteiger charge is 2.22. The van der Waals surface area contributed by atoms with Gasteiger partial charge in [-0.25, -0.2) is 17.6 Å². The second-order valence-electron chi connectivity index (χ2n) is 5.17. The maximum atomic E-state index is 13.7. The Balaban J connectivity index is 2.99. The third-order valence-corrected chi connectivity index (χ3v) is 4.62. The lowest BCUT2D eigenvalue weighted by molar-refractivity contribution is 0.0696. The summed E-state index contributed by atoms with van der Waals surface area (Å²) in [7, 11) is -3.80. The zero-order valence-electron chi connectivity index (χ0n) is 12.2. The molecule has 1 rings (SSSR count). The highest BCUT2D eigenvalue weighted by atomic mass is 32.2. The van der Waals surface area contributed by atoms with E-state index in [2.05, 4.69) is 0 Å². The molecule has 0 saturated heterocycles. The van der Waals surface area contributed by atoms with E-state index in [0.29, 0.717) is 6.61 Å². The van der Waals surface area contributed by atoms with Crippen LogP contribution in [0.15, 0.2) is 17.0 Å². The second-order valence-corrected chi connectivity index (χ2v) is 7.25. The standard InChI is InChI=1S/C14H19FO5S/c1-9(2)8-20-4-5-21(18,19)13-7-11(14(16)17)6-12(15)10(13)3/h6-7,9H,4-5,8H2,1-3H3,(H,16,17). The van der Waals surface area contributed by atoms with Crippen LogP contribution in [-0.2, 0) is 14.6 Å². The van der Waals surface area contributed by atoms with E-state index in [-0.39, 0.29) is 34.3 Å². The Morgan fingerprint density at radius 1 is 1.38 bits per heavy atom. The molecule has 0 amide bonds. The molecule has 0 aliphatic carbocycles. The third-order valence-electron chi connectivity index (χ3n) is 2.83. The summed E-state index contributed by atoms with van der Waals surface area (Å²) in [4.78, 5) is 10.6. The topological polar surface area (TPSA) is 80.7 Å². The van der Waals surface area contributed by atoms with Crippen LogP contribution >= 0.6 is 0 Å². The second kappa shape index (κ2) is 7.00. The van der Waals surface area contributed by atoms with Crippen molar-refractivity contribution in [2.24, 2.45) is 5.92 Å². The van der Waals surface area contributed by atoms with E-state index in [0.717, 1.165) is 12.1 Å². The van der Waals surface area contributed by atoms with Crippen molar-refractivity contribution < 1.29 is 27.4 Å². The fraction of sp³-hybridized carbons (Fsp3) is 0.500. The lowest BCUT2D eigenvalue weighted by Crippen LogP contribution is -2.16. The van der Waals surface area contributed by atoms with Crippen LogP contribution in [0.1, 0.15) is 29.8 Å². The van der Waals surface area contributed by atoms with Crippen molar-refractivity contribution in [2.45, 2.75) is 25.7 Å². The number of carboxylic acids is 1. The summed E-state index contributed by atoms with van der Waals surface area (Å²) in [5, 5.41) is 8.88. The quantitative estimate of drug-likeness (QED) is 0.780. The van der Waals surface area contributed by atoms with Crippen LogP contribution in [-0.4, -0.2) is 38.5 Å². The molecule has 0 atom stereocenters. The van der Waals surface area contributed by atoms with E-state index in [1.54, 1.807) is 0 Å². The average molecular weight is 318 g/mol. The van der Waals surface area contributed by atoms with E-state index in [1.807, 2.05) is 13.8 Å². The van der Waals surface area contributed by atoms with Crippen molar-refractivity contribution in [1.82, 2.24) is 0 Å². The number of hydrogen-bond donors (Lipinski definition) is 1. The predicted octanol–water partition coefficient (Wildman–Crippen LogP) is 2.28. The predicted molar refractivity (Wildman–Crippen MR) is 75.8 cm³/mol. The van der Waals surface area contributed by atoms with E-state index >= 15 is 0 Å². The van der Waals surface area contributed by atoms with Gasteiger partial charge in [-0.15, -0.1) is 0 Å². The third kappa shape index (κ3) is 4.78. The molecule has 7 heteroatoms. The van der Waals surface area contributed by atoms with Crippen molar-refractivity contribution in [1.29, 1.82) is 0 Å². The van der Waals surface area contributed by atoms with Crippen LogP contribution in [0.25, 0.3) is 0 Å². The first-order valence-corrected chi connectivity index (χ1v) is 8.14. The number of halogens is 1. The minimum atomic E-state index is -3.80. The van der Waals surface area contributed by atoms with Crippen LogP contribution in [0.5, 0.6) is 0 Å². The molecule has 0 aromatic heterocycles. The van der Waals surface area contributed by atoms with Gasteiger partial charge in [-0.1, -0.05) is 13.8 Å². The molecule has 0 radical (unpaired) electrons. The van der Waals surface area contributed by atoms with Crippen molar-refractivity contribution in [3.8, 4) is 0 Å². The van der Waals surface area contributed by atoms with Gasteiger partial charge >= 0.3 is 5.97 Å². The molecule has 0 aliphatic rings. The Bertz CT molecular complexity index is 622. The summed E-state index contributed by atoms with van der Waals surface area (Å²) in [5.74, 6) is -2.26. The minimum absolute atomic E-state index is 0.0150. The summed E-state index contributed by atoms with van der Waals surface area (Å²) in [6, 6.07) is 1.80. The van der Waals surface area contributed by atoms with Crippen molar-refractivity contribution in [2.75, 3.05) is 19.0 Å². The van der Waals surface area contributed by atoms with Crippen molar-refractivity contribution >= 4 is 15.8 Å². The number of hydrogen-bond acceptors (Lipinski definition) is 4. The maximum Gasteiger partial charge on any atom is 0.335 e. The van der Waals surface area contributed by atoms with Gasteiger partial charge in [-0.2, -0.15) is 0 Å². The van der Waals surface area contributed by atoms with Gasteiger partial charge in [-0.05, 0) is 25.0 Å². The molecule has 0 fully saturated rings. The summed E-state index contributed by atoms with van der Waals surface area (Å²) in [6.07, 6.45) is 0. The van der Waals surface area contributed by atoms with Crippen molar-refractivity contribution in [3.63, 3.8) is 0 Å². The number of ether oxygens (including phenoxy) is 1. The lowest BCUT2D eigenvalue weighted by Gasteiger charge is -2.11. The minimum Gasteiger partial charge on any atom is -0.478 e. The van der Waals surface area contributed by atoms with E-state index in [1.165, 1.54) is 6.92 Å². The fourth-order valence-electron chi connectivity index (χ4n) is 1.70. The first kappa shape index (κ1) is 17.6. The number of rotatable bonds is 7. The molecule has 118 valence electrons. The van der Waals surface area contributed by atoms with Gasteiger partial charge in [0.1, 0.15) is 5.82 Å². The Hall–Kier alpha value is -1.47. The molecule has 1 N–H and O–H groups in total. The van der Waals surface area contributed by atoms with Gasteiger partial charge in [-0.3, -0.25) is 0 Å². The normalized spacial score (nSPS) is 11.9. The van der Waals surface area contributed by atoms with Gasteiger partial charge in [0.2, 0.25) is 0 Å². The van der Waals surface area contributed by atoms with E-state index in [9.17, 15) is 17.6 Å². The molecular formula is C14H19FO5S. The smallest absolute Gasteiger partial charge is 0.335 e. The highest BCUT2D eigenvalue weighted by molar-refractivity contribution is 7.91. The first-order chi connectivity index (χ1) is 9.65. The van der Waals surface area contributed by atoms with Crippen LogP contribution in [0.4, 0.5) is 4.39 Å². The maximum absolute atomic E-state index is 13.7. The SMILES string of the molecule is Cc1c(F)cc(C(=O)O)cc1S(=O)(=O)CCOCC(C)C. The van der Waals surface area contributed by atoms with Gasteiger partial charge < -0.3 is 9.84 Å².